The smallest absolute Gasteiger partial charge is 0.0238 e. The van der Waals surface area contributed by atoms with Crippen LogP contribution in [0.5, 0.6) is 0 Å². The summed E-state index contributed by atoms with van der Waals surface area (Å²) < 4.78 is 0. The Kier molecular flexibility index (Phi) is 6.24. The maximum atomic E-state index is 5.72. The van der Waals surface area contributed by atoms with Crippen molar-refractivity contribution in [2.24, 2.45) is 0 Å². The first-order valence-electron chi connectivity index (χ1n) is 5.18. The van der Waals surface area contributed by atoms with E-state index < -0.39 is 0 Å². The molecule has 0 aliphatic carbocycles. The van der Waals surface area contributed by atoms with Crippen molar-refractivity contribution in [3.63, 3.8) is 0 Å². The Bertz CT molecular complexity index is 223. The molecule has 0 aliphatic rings. The summed E-state index contributed by atoms with van der Waals surface area (Å²) in [6, 6.07) is 4.89. The van der Waals surface area contributed by atoms with Gasteiger partial charge in [-0.2, -0.15) is 0 Å². The average Bonchev–Trinajstić information content (AvgIpc) is 2.69. The largest absolute Gasteiger partial charge is 0.314 e. The third-order valence-corrected chi connectivity index (χ3v) is 3.49. The van der Waals surface area contributed by atoms with Gasteiger partial charge in [-0.15, -0.1) is 22.9 Å². The Morgan fingerprint density at radius 1 is 1.57 bits per heavy atom. The van der Waals surface area contributed by atoms with E-state index in [4.69, 9.17) is 11.6 Å². The molecule has 0 radical (unpaired) electrons. The SMILES string of the molecule is CCC(CCCl)NCCc1cccs1. The van der Waals surface area contributed by atoms with Gasteiger partial charge in [0.1, 0.15) is 0 Å². The van der Waals surface area contributed by atoms with E-state index in [1.807, 2.05) is 11.3 Å². The predicted octanol–water partition coefficient (Wildman–Crippen LogP) is 3.29. The summed E-state index contributed by atoms with van der Waals surface area (Å²) >= 11 is 7.55. The summed E-state index contributed by atoms with van der Waals surface area (Å²) in [5.41, 5.74) is 0. The van der Waals surface area contributed by atoms with Gasteiger partial charge >= 0.3 is 0 Å². The van der Waals surface area contributed by atoms with Crippen LogP contribution in [-0.2, 0) is 6.42 Å². The minimum absolute atomic E-state index is 0.590. The highest BCUT2D eigenvalue weighted by Crippen LogP contribution is 2.08. The van der Waals surface area contributed by atoms with Crippen molar-refractivity contribution in [3.8, 4) is 0 Å². The fourth-order valence-corrected chi connectivity index (χ4v) is 2.41. The topological polar surface area (TPSA) is 12.0 Å². The number of alkyl halides is 1. The van der Waals surface area contributed by atoms with Crippen molar-refractivity contribution < 1.29 is 0 Å². The van der Waals surface area contributed by atoms with Gasteiger partial charge in [0.2, 0.25) is 0 Å². The number of hydrogen-bond donors (Lipinski definition) is 1. The lowest BCUT2D eigenvalue weighted by molar-refractivity contribution is 0.491. The lowest BCUT2D eigenvalue weighted by Gasteiger charge is -2.14. The molecule has 1 rings (SSSR count). The third kappa shape index (κ3) is 4.45. The van der Waals surface area contributed by atoms with Crippen molar-refractivity contribution >= 4 is 22.9 Å². The van der Waals surface area contributed by atoms with Crippen LogP contribution in [-0.4, -0.2) is 18.5 Å². The molecule has 1 aromatic rings. The van der Waals surface area contributed by atoms with Gasteiger partial charge in [0, 0.05) is 23.3 Å². The lowest BCUT2D eigenvalue weighted by atomic mass is 10.1. The number of hydrogen-bond acceptors (Lipinski definition) is 2. The van der Waals surface area contributed by atoms with E-state index in [1.54, 1.807) is 0 Å². The molecule has 0 aliphatic heterocycles. The highest BCUT2D eigenvalue weighted by molar-refractivity contribution is 7.09. The van der Waals surface area contributed by atoms with Gasteiger partial charge < -0.3 is 5.32 Å². The molecular formula is C11H18ClNS. The highest BCUT2D eigenvalue weighted by Gasteiger charge is 2.03. The van der Waals surface area contributed by atoms with Crippen LogP contribution in [0.25, 0.3) is 0 Å². The highest BCUT2D eigenvalue weighted by atomic mass is 35.5. The molecule has 0 aromatic carbocycles. The molecule has 1 unspecified atom stereocenters. The zero-order chi connectivity index (χ0) is 10.2. The first-order chi connectivity index (χ1) is 6.86. The Morgan fingerprint density at radius 3 is 3.00 bits per heavy atom. The molecule has 1 nitrogen and oxygen atoms in total. The predicted molar refractivity (Wildman–Crippen MR) is 65.4 cm³/mol. The van der Waals surface area contributed by atoms with E-state index in [2.05, 4.69) is 29.8 Å². The minimum atomic E-state index is 0.590. The summed E-state index contributed by atoms with van der Waals surface area (Å²) in [6.07, 6.45) is 3.37. The van der Waals surface area contributed by atoms with Crippen molar-refractivity contribution in [2.45, 2.75) is 32.2 Å². The number of thiophene rings is 1. The standard InChI is InChI=1S/C11H18ClNS/c1-2-10(5-7-12)13-8-6-11-4-3-9-14-11/h3-4,9-10,13H,2,5-8H2,1H3. The molecule has 80 valence electrons. The Labute approximate surface area is 95.5 Å². The molecule has 0 amide bonds. The summed E-state index contributed by atoms with van der Waals surface area (Å²) in [5.74, 6) is 0.754. The quantitative estimate of drug-likeness (QED) is 0.711. The lowest BCUT2D eigenvalue weighted by Crippen LogP contribution is -2.30. The molecule has 1 heterocycles. The number of rotatable bonds is 7. The Morgan fingerprint density at radius 2 is 2.43 bits per heavy atom. The molecule has 14 heavy (non-hydrogen) atoms. The van der Waals surface area contributed by atoms with Crippen LogP contribution in [0.4, 0.5) is 0 Å². The second-order valence-electron chi connectivity index (χ2n) is 3.37. The first kappa shape index (κ1) is 12.0. The average molecular weight is 232 g/mol. The van der Waals surface area contributed by atoms with Gasteiger partial charge in [-0.05, 0) is 30.7 Å². The van der Waals surface area contributed by atoms with E-state index in [-0.39, 0.29) is 0 Å². The maximum Gasteiger partial charge on any atom is 0.0238 e. The van der Waals surface area contributed by atoms with E-state index >= 15 is 0 Å². The Hall–Kier alpha value is -0.0500. The van der Waals surface area contributed by atoms with Gasteiger partial charge in [-0.3, -0.25) is 0 Å². The monoisotopic (exact) mass is 231 g/mol. The van der Waals surface area contributed by atoms with Crippen molar-refractivity contribution in [1.29, 1.82) is 0 Å². The molecule has 1 atom stereocenters. The molecule has 0 spiro atoms. The third-order valence-electron chi connectivity index (χ3n) is 2.33. The summed E-state index contributed by atoms with van der Waals surface area (Å²) in [7, 11) is 0. The van der Waals surface area contributed by atoms with Gasteiger partial charge in [0.25, 0.3) is 0 Å². The zero-order valence-electron chi connectivity index (χ0n) is 8.63. The molecule has 0 fully saturated rings. The van der Waals surface area contributed by atoms with Crippen LogP contribution >= 0.6 is 22.9 Å². The maximum absolute atomic E-state index is 5.72. The van der Waals surface area contributed by atoms with Gasteiger partial charge in [0.05, 0.1) is 0 Å². The second kappa shape index (κ2) is 7.27. The molecule has 3 heteroatoms. The van der Waals surface area contributed by atoms with E-state index in [0.717, 1.165) is 31.7 Å². The van der Waals surface area contributed by atoms with Crippen LogP contribution in [0.1, 0.15) is 24.6 Å². The zero-order valence-corrected chi connectivity index (χ0v) is 10.2. The van der Waals surface area contributed by atoms with Crippen molar-refractivity contribution in [3.05, 3.63) is 22.4 Å². The van der Waals surface area contributed by atoms with E-state index in [1.165, 1.54) is 4.88 Å². The van der Waals surface area contributed by atoms with Crippen molar-refractivity contribution in [2.75, 3.05) is 12.4 Å². The molecule has 1 aromatic heterocycles. The molecule has 0 bridgehead atoms. The van der Waals surface area contributed by atoms with Crippen LogP contribution in [0.15, 0.2) is 17.5 Å². The summed E-state index contributed by atoms with van der Waals surface area (Å²) in [4.78, 5) is 1.46. The molecule has 0 saturated heterocycles. The first-order valence-corrected chi connectivity index (χ1v) is 6.60. The van der Waals surface area contributed by atoms with Crippen molar-refractivity contribution in [1.82, 2.24) is 5.32 Å². The second-order valence-corrected chi connectivity index (χ2v) is 4.78. The van der Waals surface area contributed by atoms with Gasteiger partial charge in [-0.25, -0.2) is 0 Å². The fourth-order valence-electron chi connectivity index (χ4n) is 1.44. The normalized spacial score (nSPS) is 13.0. The van der Waals surface area contributed by atoms with Crippen LogP contribution in [0, 0.1) is 0 Å². The van der Waals surface area contributed by atoms with Crippen LogP contribution < -0.4 is 5.32 Å². The molecular weight excluding hydrogens is 214 g/mol. The molecule has 1 N–H and O–H groups in total. The van der Waals surface area contributed by atoms with Gasteiger partial charge in [-0.1, -0.05) is 13.0 Å². The van der Waals surface area contributed by atoms with E-state index in [0.29, 0.717) is 6.04 Å². The number of nitrogens with one attached hydrogen (secondary N) is 1. The molecule has 0 saturated carbocycles. The summed E-state index contributed by atoms with van der Waals surface area (Å²) in [6.45, 7) is 3.27. The fraction of sp³-hybridized carbons (Fsp3) is 0.636. The minimum Gasteiger partial charge on any atom is -0.314 e. The number of halogens is 1. The summed E-state index contributed by atoms with van der Waals surface area (Å²) in [5, 5.41) is 5.66. The van der Waals surface area contributed by atoms with E-state index in [9.17, 15) is 0 Å². The van der Waals surface area contributed by atoms with Crippen LogP contribution in [0.2, 0.25) is 0 Å². The van der Waals surface area contributed by atoms with Crippen LogP contribution in [0.3, 0.4) is 0 Å². The Balaban J connectivity index is 2.13. The van der Waals surface area contributed by atoms with Gasteiger partial charge in [0.15, 0.2) is 0 Å².